The van der Waals surface area contributed by atoms with Gasteiger partial charge in [0.15, 0.2) is 6.29 Å². The highest BCUT2D eigenvalue weighted by Gasteiger charge is 2.21. The van der Waals surface area contributed by atoms with Crippen molar-refractivity contribution >= 4 is 19.7 Å². The van der Waals surface area contributed by atoms with Crippen molar-refractivity contribution in [1.29, 1.82) is 0 Å². The van der Waals surface area contributed by atoms with Crippen molar-refractivity contribution in [1.82, 2.24) is 5.32 Å². The van der Waals surface area contributed by atoms with E-state index in [0.717, 1.165) is 51.4 Å². The van der Waals surface area contributed by atoms with Crippen LogP contribution in [0.2, 0.25) is 0 Å². The summed E-state index contributed by atoms with van der Waals surface area (Å²) in [7, 11) is -4.72. The number of phosphoric ester groups is 1. The van der Waals surface area contributed by atoms with Crippen LogP contribution >= 0.6 is 7.82 Å². The molecule has 3 unspecified atom stereocenters. The number of esters is 1. The van der Waals surface area contributed by atoms with E-state index >= 15 is 0 Å². The van der Waals surface area contributed by atoms with Crippen molar-refractivity contribution in [3.05, 3.63) is 0 Å². The van der Waals surface area contributed by atoms with Crippen LogP contribution < -0.4 is 10.2 Å². The molecule has 11 heteroatoms. The summed E-state index contributed by atoms with van der Waals surface area (Å²) in [4.78, 5) is 36.7. The minimum atomic E-state index is -4.72. The molecule has 0 saturated carbocycles. The highest BCUT2D eigenvalue weighted by molar-refractivity contribution is 7.45. The lowest BCUT2D eigenvalue weighted by Gasteiger charge is -2.27. The second-order valence-electron chi connectivity index (χ2n) is 16.4. The van der Waals surface area contributed by atoms with E-state index in [-0.39, 0.29) is 38.1 Å². The summed E-state index contributed by atoms with van der Waals surface area (Å²) in [6.07, 6.45) is 38.0. The quantitative estimate of drug-likeness (QED) is 0.0265. The van der Waals surface area contributed by atoms with E-state index in [0.29, 0.717) is 12.8 Å². The van der Waals surface area contributed by atoms with Crippen molar-refractivity contribution < 1.29 is 42.7 Å². The first-order valence-electron chi connectivity index (χ1n) is 24.1. The van der Waals surface area contributed by atoms with Crippen molar-refractivity contribution in [3.8, 4) is 0 Å². The van der Waals surface area contributed by atoms with Crippen molar-refractivity contribution in [3.63, 3.8) is 0 Å². The average molecular weight is 833 g/mol. The summed E-state index contributed by atoms with van der Waals surface area (Å²) in [5.41, 5.74) is 0. The summed E-state index contributed by atoms with van der Waals surface area (Å²) in [6, 6.07) is 0. The highest BCUT2D eigenvalue weighted by atomic mass is 31.2. The minimum absolute atomic E-state index is 0.0347. The number of ether oxygens (including phenoxy) is 2. The molecule has 10 nitrogen and oxygen atoms in total. The number of carbonyl (C=O) groups is 2. The van der Waals surface area contributed by atoms with Crippen LogP contribution in [0.5, 0.6) is 0 Å². The molecule has 0 saturated heterocycles. The largest absolute Gasteiger partial charge is 0.756 e. The van der Waals surface area contributed by atoms with Gasteiger partial charge in [-0.15, -0.1) is 0 Å². The fourth-order valence-electron chi connectivity index (χ4n) is 6.99. The van der Waals surface area contributed by atoms with Crippen LogP contribution in [0.15, 0.2) is 0 Å². The molecule has 3 atom stereocenters. The van der Waals surface area contributed by atoms with Gasteiger partial charge in [0, 0.05) is 19.4 Å². The number of amides is 1. The van der Waals surface area contributed by atoms with Gasteiger partial charge in [0.05, 0.1) is 13.2 Å². The predicted octanol–water partition coefficient (Wildman–Crippen LogP) is 12.6. The normalized spacial score (nSPS) is 13.7. The van der Waals surface area contributed by atoms with Gasteiger partial charge >= 0.3 is 5.97 Å². The number of rotatable bonds is 46. The first-order valence-corrected chi connectivity index (χ1v) is 25.6. The molecule has 0 aliphatic carbocycles. The molecule has 0 rings (SSSR count). The van der Waals surface area contributed by atoms with E-state index < -0.39 is 26.8 Å². The Morgan fingerprint density at radius 2 is 0.947 bits per heavy atom. The molecule has 0 aromatic carbocycles. The first kappa shape index (κ1) is 56.0. The van der Waals surface area contributed by atoms with Crippen LogP contribution in [-0.2, 0) is 32.7 Å². The lowest BCUT2D eigenvalue weighted by atomic mass is 10.0. The Morgan fingerprint density at radius 3 is 1.39 bits per heavy atom. The number of carbonyl (C=O) groups excluding carboxylic acids is 2. The van der Waals surface area contributed by atoms with Crippen molar-refractivity contribution in [2.45, 2.75) is 258 Å². The van der Waals surface area contributed by atoms with Crippen LogP contribution in [0, 0.1) is 0 Å². The van der Waals surface area contributed by atoms with E-state index in [1.165, 1.54) is 154 Å². The van der Waals surface area contributed by atoms with Gasteiger partial charge in [-0.2, -0.15) is 0 Å². The van der Waals surface area contributed by atoms with Gasteiger partial charge in [-0.3, -0.25) is 14.2 Å². The van der Waals surface area contributed by atoms with Gasteiger partial charge in [0.25, 0.3) is 7.82 Å². The van der Waals surface area contributed by atoms with Crippen LogP contribution in [-0.4, -0.2) is 55.7 Å². The smallest absolute Gasteiger partial charge is 0.305 e. The molecule has 0 aliphatic rings. The third kappa shape index (κ3) is 42.9. The summed E-state index contributed by atoms with van der Waals surface area (Å²) >= 11 is 0. The molecule has 0 spiro atoms. The molecule has 0 fully saturated rings. The Bertz CT molecular complexity index is 924. The maximum atomic E-state index is 12.5. The number of aliphatic hydroxyl groups is 1. The first-order chi connectivity index (χ1) is 27.7. The van der Waals surface area contributed by atoms with Crippen molar-refractivity contribution in [2.24, 2.45) is 0 Å². The predicted molar refractivity (Wildman–Crippen MR) is 233 cm³/mol. The molecule has 340 valence electrons. The highest BCUT2D eigenvalue weighted by Crippen LogP contribution is 2.38. The number of nitrogens with one attached hydrogen (secondary N) is 1. The number of phosphoric acid groups is 1. The van der Waals surface area contributed by atoms with Gasteiger partial charge in [-0.1, -0.05) is 207 Å². The average Bonchev–Trinajstić information content (AvgIpc) is 3.19. The van der Waals surface area contributed by atoms with Gasteiger partial charge < -0.3 is 33.8 Å². The Kier molecular flexibility index (Phi) is 42.3. The van der Waals surface area contributed by atoms with E-state index in [1.54, 1.807) is 0 Å². The summed E-state index contributed by atoms with van der Waals surface area (Å²) < 4.78 is 33.5. The summed E-state index contributed by atoms with van der Waals surface area (Å²) in [6.45, 7) is 5.57. The molecule has 0 aromatic heterocycles. The Balaban J connectivity index is 4.39. The number of hydrogen-bond donors (Lipinski definition) is 2. The molecule has 0 aromatic rings. The zero-order chi connectivity index (χ0) is 41.9. The summed E-state index contributed by atoms with van der Waals surface area (Å²) in [5.74, 6) is -0.541. The number of unbranched alkanes of at least 4 members (excludes halogenated alkanes) is 29. The molecule has 0 bridgehead atoms. The van der Waals surface area contributed by atoms with Gasteiger partial charge in [0.2, 0.25) is 5.91 Å². The van der Waals surface area contributed by atoms with Gasteiger partial charge in [-0.25, -0.2) is 0 Å². The summed E-state index contributed by atoms with van der Waals surface area (Å²) in [5, 5.41) is 13.2. The maximum Gasteiger partial charge on any atom is 0.305 e. The van der Waals surface area contributed by atoms with Crippen molar-refractivity contribution in [2.75, 3.05) is 26.4 Å². The minimum Gasteiger partial charge on any atom is -0.756 e. The monoisotopic (exact) mass is 833 g/mol. The van der Waals surface area contributed by atoms with Crippen LogP contribution in [0.25, 0.3) is 0 Å². The van der Waals surface area contributed by atoms with E-state index in [9.17, 15) is 24.2 Å². The second-order valence-corrected chi connectivity index (χ2v) is 17.8. The SMILES string of the molecule is CCCCCCCCCCCCCCCCCC(=O)OCC(COP(=O)([O-])OCCNC(=O)CCCC)OC(O)CCCCCCCCCCCCCCCCC. The molecular formula is C46H91NO9P-. The maximum absolute atomic E-state index is 12.5. The van der Waals surface area contributed by atoms with Gasteiger partial charge in [-0.05, 0) is 25.7 Å². The zero-order valence-electron chi connectivity index (χ0n) is 37.4. The van der Waals surface area contributed by atoms with Crippen LogP contribution in [0.1, 0.15) is 245 Å². The Hall–Kier alpha value is -1.03. The number of aliphatic hydroxyl groups excluding tert-OH is 1. The molecule has 0 radical (unpaired) electrons. The van der Waals surface area contributed by atoms with E-state index in [4.69, 9.17) is 18.5 Å². The third-order valence-corrected chi connectivity index (χ3v) is 11.6. The van der Waals surface area contributed by atoms with Crippen LogP contribution in [0.3, 0.4) is 0 Å². The van der Waals surface area contributed by atoms with Crippen LogP contribution in [0.4, 0.5) is 0 Å². The second kappa shape index (κ2) is 43.1. The third-order valence-electron chi connectivity index (χ3n) is 10.7. The Labute approximate surface area is 351 Å². The fourth-order valence-corrected chi connectivity index (χ4v) is 7.73. The molecular weight excluding hydrogens is 741 g/mol. The molecule has 0 heterocycles. The van der Waals surface area contributed by atoms with E-state index in [1.807, 2.05) is 6.92 Å². The molecule has 0 aliphatic heterocycles. The number of hydrogen-bond acceptors (Lipinski definition) is 9. The van der Waals surface area contributed by atoms with E-state index in [2.05, 4.69) is 19.2 Å². The molecule has 57 heavy (non-hydrogen) atoms. The lowest BCUT2D eigenvalue weighted by molar-refractivity contribution is -0.232. The zero-order valence-corrected chi connectivity index (χ0v) is 38.3. The molecule has 1 amide bonds. The topological polar surface area (TPSA) is 143 Å². The molecule has 2 N–H and O–H groups in total. The Morgan fingerprint density at radius 1 is 0.544 bits per heavy atom. The fraction of sp³-hybridized carbons (Fsp3) is 0.957. The lowest BCUT2D eigenvalue weighted by Crippen LogP contribution is -2.32. The standard InChI is InChI=1S/C46H92NO9P/c1-4-7-10-12-14-16-18-20-22-24-26-28-30-32-34-37-45(49)53-41-43(42-55-57(51,52)54-40-39-47-44(48)36-9-6-3)56-46(50)38-35-33-31-29-27-25-23-21-19-17-15-13-11-8-5-2/h43,46,50H,4-42H2,1-3H3,(H,47,48)(H,51,52)/p-1. The van der Waals surface area contributed by atoms with Gasteiger partial charge in [0.1, 0.15) is 12.7 Å².